The van der Waals surface area contributed by atoms with Crippen LogP contribution in [0.1, 0.15) is 61.6 Å². The Morgan fingerprint density at radius 2 is 1.97 bits per heavy atom. The van der Waals surface area contributed by atoms with Crippen molar-refractivity contribution in [1.29, 1.82) is 0 Å². The minimum absolute atomic E-state index is 0.0437. The number of ether oxygens (including phenoxy) is 2. The highest BCUT2D eigenvalue weighted by Crippen LogP contribution is 2.27. The Labute approximate surface area is 185 Å². The van der Waals surface area contributed by atoms with Crippen LogP contribution in [0.3, 0.4) is 0 Å². The van der Waals surface area contributed by atoms with Gasteiger partial charge in [-0.1, -0.05) is 6.92 Å². The van der Waals surface area contributed by atoms with Crippen molar-refractivity contribution in [1.82, 2.24) is 14.9 Å². The number of nitrogens with zero attached hydrogens (tertiary/aromatic N) is 2. The van der Waals surface area contributed by atoms with Crippen molar-refractivity contribution >= 4 is 33.5 Å². The van der Waals surface area contributed by atoms with Crippen LogP contribution < -0.4 is 5.56 Å². The summed E-state index contributed by atoms with van der Waals surface area (Å²) in [7, 11) is 0. The molecule has 0 aliphatic heterocycles. The van der Waals surface area contributed by atoms with Gasteiger partial charge in [0.25, 0.3) is 5.56 Å². The normalized spacial score (nSPS) is 12.5. The molecule has 0 saturated carbocycles. The smallest absolute Gasteiger partial charge is 0.348 e. The number of aliphatic hydroxyl groups is 1. The van der Waals surface area contributed by atoms with Crippen molar-refractivity contribution in [2.24, 2.45) is 0 Å². The number of thiophene rings is 1. The van der Waals surface area contributed by atoms with E-state index in [1.165, 1.54) is 0 Å². The lowest BCUT2D eigenvalue weighted by atomic mass is 10.2. The van der Waals surface area contributed by atoms with E-state index >= 15 is 0 Å². The third-order valence-corrected chi connectivity index (χ3v) is 5.90. The maximum Gasteiger partial charge on any atom is 0.348 e. The monoisotopic (exact) mass is 453 g/mol. The summed E-state index contributed by atoms with van der Waals surface area (Å²) in [4.78, 5) is 46.4. The van der Waals surface area contributed by atoms with E-state index in [1.807, 2.05) is 25.7 Å². The molecule has 0 radical (unpaired) electrons. The van der Waals surface area contributed by atoms with Crippen molar-refractivity contribution in [3.8, 4) is 0 Å². The molecule has 0 spiro atoms. The van der Waals surface area contributed by atoms with Crippen LogP contribution in [0.25, 0.3) is 10.2 Å². The number of esters is 2. The van der Waals surface area contributed by atoms with Crippen LogP contribution in [-0.4, -0.2) is 63.8 Å². The SMILES string of the molecule is CCCC(=O)OC[C@H](O)CN(Cc1nc2sc(C(=O)OCC)c(C)c2c(=O)[nH]1)C(C)C. The number of carbonyl (C=O) groups excluding carboxylic acids is 2. The van der Waals surface area contributed by atoms with E-state index in [0.717, 1.165) is 11.3 Å². The van der Waals surface area contributed by atoms with Crippen LogP contribution >= 0.6 is 11.3 Å². The molecule has 172 valence electrons. The van der Waals surface area contributed by atoms with Gasteiger partial charge in [-0.25, -0.2) is 9.78 Å². The van der Waals surface area contributed by atoms with Crippen LogP contribution in [0.2, 0.25) is 0 Å². The van der Waals surface area contributed by atoms with Gasteiger partial charge in [-0.05, 0) is 39.7 Å². The largest absolute Gasteiger partial charge is 0.463 e. The second-order valence-corrected chi connectivity index (χ2v) is 8.58. The number of aromatic amines is 1. The number of hydrogen-bond acceptors (Lipinski definition) is 9. The Kier molecular flexibility index (Phi) is 9.15. The summed E-state index contributed by atoms with van der Waals surface area (Å²) in [6, 6.07) is 0.0437. The van der Waals surface area contributed by atoms with Gasteiger partial charge in [0.2, 0.25) is 0 Å². The van der Waals surface area contributed by atoms with E-state index in [2.05, 4.69) is 9.97 Å². The first-order valence-electron chi connectivity index (χ1n) is 10.4. The van der Waals surface area contributed by atoms with Crippen LogP contribution in [0, 0.1) is 6.92 Å². The number of rotatable bonds is 11. The zero-order valence-corrected chi connectivity index (χ0v) is 19.5. The van der Waals surface area contributed by atoms with Crippen LogP contribution in [0.5, 0.6) is 0 Å². The van der Waals surface area contributed by atoms with Gasteiger partial charge in [0, 0.05) is 19.0 Å². The molecule has 31 heavy (non-hydrogen) atoms. The zero-order valence-electron chi connectivity index (χ0n) is 18.7. The molecule has 0 amide bonds. The summed E-state index contributed by atoms with van der Waals surface area (Å²) in [5.74, 6) is -0.369. The van der Waals surface area contributed by atoms with Gasteiger partial charge in [-0.15, -0.1) is 11.3 Å². The molecule has 2 heterocycles. The van der Waals surface area contributed by atoms with E-state index in [1.54, 1.807) is 13.8 Å². The summed E-state index contributed by atoms with van der Waals surface area (Å²) in [6.45, 7) is 9.93. The fourth-order valence-corrected chi connectivity index (χ4v) is 4.19. The lowest BCUT2D eigenvalue weighted by molar-refractivity contribution is -0.147. The van der Waals surface area contributed by atoms with E-state index in [-0.39, 0.29) is 43.9 Å². The molecule has 9 nitrogen and oxygen atoms in total. The van der Waals surface area contributed by atoms with Gasteiger partial charge in [0.05, 0.1) is 18.5 Å². The molecule has 0 aliphatic carbocycles. The molecule has 2 aromatic heterocycles. The minimum Gasteiger partial charge on any atom is -0.463 e. The molecule has 2 rings (SSSR count). The maximum atomic E-state index is 12.7. The van der Waals surface area contributed by atoms with E-state index in [9.17, 15) is 19.5 Å². The van der Waals surface area contributed by atoms with Gasteiger partial charge >= 0.3 is 11.9 Å². The summed E-state index contributed by atoms with van der Waals surface area (Å²) in [6.07, 6.45) is 0.145. The van der Waals surface area contributed by atoms with E-state index in [0.29, 0.717) is 39.3 Å². The van der Waals surface area contributed by atoms with Gasteiger partial charge in [0.15, 0.2) is 0 Å². The van der Waals surface area contributed by atoms with Crippen molar-refractivity contribution in [3.63, 3.8) is 0 Å². The summed E-state index contributed by atoms with van der Waals surface area (Å²) in [5.41, 5.74) is 0.242. The first-order valence-corrected chi connectivity index (χ1v) is 11.3. The Morgan fingerprint density at radius 1 is 1.26 bits per heavy atom. The van der Waals surface area contributed by atoms with Crippen molar-refractivity contribution < 1.29 is 24.2 Å². The molecule has 0 bridgehead atoms. The van der Waals surface area contributed by atoms with Crippen LogP contribution in [0.15, 0.2) is 4.79 Å². The van der Waals surface area contributed by atoms with Crippen LogP contribution in [0.4, 0.5) is 0 Å². The predicted octanol–water partition coefficient (Wildman–Crippen LogP) is 2.38. The third-order valence-electron chi connectivity index (χ3n) is 4.73. The van der Waals surface area contributed by atoms with E-state index < -0.39 is 12.1 Å². The van der Waals surface area contributed by atoms with E-state index in [4.69, 9.17) is 9.47 Å². The molecule has 0 aromatic carbocycles. The van der Waals surface area contributed by atoms with Gasteiger partial charge in [0.1, 0.15) is 28.2 Å². The second kappa shape index (κ2) is 11.4. The van der Waals surface area contributed by atoms with Crippen molar-refractivity contribution in [2.75, 3.05) is 19.8 Å². The van der Waals surface area contributed by atoms with Gasteiger partial charge < -0.3 is 19.6 Å². The third kappa shape index (κ3) is 6.59. The number of carbonyl (C=O) groups is 2. The molecule has 2 aromatic rings. The fraction of sp³-hybridized carbons (Fsp3) is 0.619. The number of aryl methyl sites for hydroxylation is 1. The molecule has 0 aliphatic rings. The first-order chi connectivity index (χ1) is 14.7. The van der Waals surface area contributed by atoms with Crippen LogP contribution in [-0.2, 0) is 20.8 Å². The Hall–Kier alpha value is -2.30. The summed E-state index contributed by atoms with van der Waals surface area (Å²) >= 11 is 1.13. The fourth-order valence-electron chi connectivity index (χ4n) is 3.09. The van der Waals surface area contributed by atoms with Gasteiger partial charge in [-0.2, -0.15) is 0 Å². The lowest BCUT2D eigenvalue weighted by Gasteiger charge is -2.28. The minimum atomic E-state index is -0.863. The lowest BCUT2D eigenvalue weighted by Crippen LogP contribution is -2.39. The second-order valence-electron chi connectivity index (χ2n) is 7.58. The highest BCUT2D eigenvalue weighted by Gasteiger charge is 2.22. The van der Waals surface area contributed by atoms with Crippen molar-refractivity contribution in [3.05, 3.63) is 26.6 Å². The number of hydrogen-bond donors (Lipinski definition) is 2. The predicted molar refractivity (Wildman–Crippen MR) is 118 cm³/mol. The molecular weight excluding hydrogens is 422 g/mol. The summed E-state index contributed by atoms with van der Waals surface area (Å²) < 4.78 is 10.1. The molecule has 2 N–H and O–H groups in total. The molecule has 0 unspecified atom stereocenters. The Morgan fingerprint density at radius 3 is 2.58 bits per heavy atom. The number of nitrogens with one attached hydrogen (secondary N) is 1. The van der Waals surface area contributed by atoms with Gasteiger partial charge in [-0.3, -0.25) is 14.5 Å². The molecular formula is C21H31N3O6S. The molecule has 1 atom stereocenters. The number of fused-ring (bicyclic) bond motifs is 1. The zero-order chi connectivity index (χ0) is 23.1. The molecule has 0 saturated heterocycles. The Balaban J connectivity index is 2.18. The number of aromatic nitrogens is 2. The first kappa shape index (κ1) is 25.0. The standard InChI is InChI=1S/C21H31N3O6S/c1-6-8-16(26)30-11-14(25)9-24(12(3)4)10-15-22-19(27)17-13(5)18(21(28)29-7-2)31-20(17)23-15/h12,14,25H,6-11H2,1-5H3,(H,22,23,27)/t14-/m1/s1. The summed E-state index contributed by atoms with van der Waals surface area (Å²) in [5, 5.41) is 10.7. The molecule has 0 fully saturated rings. The number of aliphatic hydroxyl groups excluding tert-OH is 1. The topological polar surface area (TPSA) is 122 Å². The highest BCUT2D eigenvalue weighted by molar-refractivity contribution is 7.20. The maximum absolute atomic E-state index is 12.7. The highest BCUT2D eigenvalue weighted by atomic mass is 32.1. The number of H-pyrrole nitrogens is 1. The van der Waals surface area contributed by atoms with Crippen molar-refractivity contribution in [2.45, 2.75) is 66.2 Å². The molecule has 10 heteroatoms. The average Bonchev–Trinajstić information content (AvgIpc) is 3.03. The average molecular weight is 454 g/mol. The Bertz CT molecular complexity index is 968. The quantitative estimate of drug-likeness (QED) is 0.497.